The maximum atomic E-state index is 13.1. The van der Waals surface area contributed by atoms with Crippen molar-refractivity contribution >= 4 is 16.0 Å². The molecular weight excluding hydrogens is 390 g/mol. The number of nitrogens with zero attached hydrogens (tertiary/aromatic N) is 1. The van der Waals surface area contributed by atoms with Crippen LogP contribution in [0.2, 0.25) is 0 Å². The third-order valence-electron chi connectivity index (χ3n) is 4.26. The van der Waals surface area contributed by atoms with Crippen LogP contribution in [-0.4, -0.2) is 31.8 Å². The number of carbonyl (C=O) groups excluding carboxylic acids is 1. The van der Waals surface area contributed by atoms with E-state index in [1.807, 2.05) is 0 Å². The Labute approximate surface area is 152 Å². The number of hydrogen-bond donors (Lipinski definition) is 0. The summed E-state index contributed by atoms with van der Waals surface area (Å²) in [7, 11) is -4.33. The minimum Gasteiger partial charge on any atom is -0.376 e. The van der Waals surface area contributed by atoms with Crippen LogP contribution in [0, 0.1) is 5.82 Å². The number of rotatable bonds is 3. The Balaban J connectivity index is 1.93. The number of likely N-dealkylation sites (N-methyl/N-ethyl adjacent to an activating group) is 1. The molecule has 0 saturated carbocycles. The zero-order valence-corrected chi connectivity index (χ0v) is 14.6. The summed E-state index contributed by atoms with van der Waals surface area (Å²) in [4.78, 5) is 14.0. The van der Waals surface area contributed by atoms with Gasteiger partial charge in [0.05, 0.1) is 6.04 Å². The first-order valence-corrected chi connectivity index (χ1v) is 9.07. The number of carbonyl (C=O) groups is 1. The van der Waals surface area contributed by atoms with Crippen molar-refractivity contribution in [2.45, 2.75) is 18.0 Å². The van der Waals surface area contributed by atoms with E-state index in [2.05, 4.69) is 4.18 Å². The normalized spacial score (nSPS) is 17.6. The molecule has 1 amide bonds. The Bertz CT molecular complexity index is 987. The molecule has 0 N–H and O–H groups in total. The van der Waals surface area contributed by atoms with Crippen LogP contribution >= 0.6 is 0 Å². The lowest BCUT2D eigenvalue weighted by molar-refractivity contribution is -0.0500. The van der Waals surface area contributed by atoms with Crippen molar-refractivity contribution in [2.24, 2.45) is 0 Å². The minimum atomic E-state index is -5.83. The van der Waals surface area contributed by atoms with Gasteiger partial charge in [-0.1, -0.05) is 18.2 Å². The quantitative estimate of drug-likeness (QED) is 0.448. The molecule has 3 rings (SSSR count). The van der Waals surface area contributed by atoms with Gasteiger partial charge in [0.25, 0.3) is 5.91 Å². The Hall–Kier alpha value is -2.62. The Morgan fingerprint density at radius 3 is 2.33 bits per heavy atom. The zero-order chi connectivity index (χ0) is 20.0. The molecule has 0 bridgehead atoms. The Morgan fingerprint density at radius 2 is 1.74 bits per heavy atom. The maximum Gasteiger partial charge on any atom is 0.534 e. The van der Waals surface area contributed by atoms with Crippen LogP contribution in [0.4, 0.5) is 17.6 Å². The molecule has 0 aromatic heterocycles. The minimum absolute atomic E-state index is 0.0470. The van der Waals surface area contributed by atoms with Crippen LogP contribution in [0.25, 0.3) is 0 Å². The molecule has 144 valence electrons. The average Bonchev–Trinajstić information content (AvgIpc) is 2.58. The van der Waals surface area contributed by atoms with Gasteiger partial charge in [-0.05, 0) is 41.8 Å². The maximum absolute atomic E-state index is 13.1. The average molecular weight is 403 g/mol. The second-order valence-corrected chi connectivity index (χ2v) is 7.53. The highest BCUT2D eigenvalue weighted by Gasteiger charge is 2.48. The van der Waals surface area contributed by atoms with Crippen LogP contribution in [0.5, 0.6) is 5.75 Å². The van der Waals surface area contributed by atoms with E-state index in [-0.39, 0.29) is 5.56 Å². The van der Waals surface area contributed by atoms with E-state index in [4.69, 9.17) is 0 Å². The van der Waals surface area contributed by atoms with E-state index in [9.17, 15) is 30.8 Å². The number of hydrogen-bond acceptors (Lipinski definition) is 4. The van der Waals surface area contributed by atoms with E-state index in [1.165, 1.54) is 30.1 Å². The fourth-order valence-corrected chi connectivity index (χ4v) is 3.31. The van der Waals surface area contributed by atoms with Gasteiger partial charge in [0.2, 0.25) is 0 Å². The number of fused-ring (bicyclic) bond motifs is 1. The third-order valence-corrected chi connectivity index (χ3v) is 5.24. The number of benzene rings is 2. The highest BCUT2D eigenvalue weighted by atomic mass is 32.2. The molecule has 0 fully saturated rings. The SMILES string of the molecule is CN1C(=O)c2cc(OS(=O)(=O)C(F)(F)F)ccc2CC1c1ccc(F)cc1. The second-order valence-electron chi connectivity index (χ2n) is 5.99. The van der Waals surface area contributed by atoms with Gasteiger partial charge in [0, 0.05) is 12.6 Å². The topological polar surface area (TPSA) is 63.7 Å². The van der Waals surface area contributed by atoms with Crippen molar-refractivity contribution in [3.8, 4) is 5.75 Å². The molecule has 0 aliphatic carbocycles. The molecule has 0 radical (unpaired) electrons. The van der Waals surface area contributed by atoms with E-state index < -0.39 is 39.1 Å². The predicted octanol–water partition coefficient (Wildman–Crippen LogP) is 3.42. The highest BCUT2D eigenvalue weighted by Crippen LogP contribution is 2.35. The summed E-state index contributed by atoms with van der Waals surface area (Å²) in [6.07, 6.45) is 0.329. The molecule has 10 heteroatoms. The van der Waals surface area contributed by atoms with Gasteiger partial charge in [-0.3, -0.25) is 4.79 Å². The van der Waals surface area contributed by atoms with E-state index >= 15 is 0 Å². The summed E-state index contributed by atoms with van der Waals surface area (Å²) >= 11 is 0. The van der Waals surface area contributed by atoms with Crippen LogP contribution in [0.3, 0.4) is 0 Å². The van der Waals surface area contributed by atoms with Gasteiger partial charge >= 0.3 is 15.6 Å². The Morgan fingerprint density at radius 1 is 1.11 bits per heavy atom. The monoisotopic (exact) mass is 403 g/mol. The van der Waals surface area contributed by atoms with E-state index in [1.54, 1.807) is 12.1 Å². The first-order valence-electron chi connectivity index (χ1n) is 7.66. The molecular formula is C17H13F4NO4S. The highest BCUT2D eigenvalue weighted by molar-refractivity contribution is 7.88. The lowest BCUT2D eigenvalue weighted by Gasteiger charge is -2.34. The fraction of sp³-hybridized carbons (Fsp3) is 0.235. The lowest BCUT2D eigenvalue weighted by atomic mass is 9.89. The van der Waals surface area contributed by atoms with Gasteiger partial charge in [-0.15, -0.1) is 0 Å². The van der Waals surface area contributed by atoms with Gasteiger partial charge in [0.15, 0.2) is 0 Å². The molecule has 1 unspecified atom stereocenters. The molecule has 1 aliphatic heterocycles. The van der Waals surface area contributed by atoms with Gasteiger partial charge in [0.1, 0.15) is 11.6 Å². The van der Waals surface area contributed by atoms with Crippen LogP contribution in [-0.2, 0) is 16.5 Å². The molecule has 5 nitrogen and oxygen atoms in total. The van der Waals surface area contributed by atoms with Crippen molar-refractivity contribution in [1.29, 1.82) is 0 Å². The number of amides is 1. The van der Waals surface area contributed by atoms with Gasteiger partial charge in [-0.25, -0.2) is 4.39 Å². The largest absolute Gasteiger partial charge is 0.534 e. The molecule has 1 aliphatic rings. The summed E-state index contributed by atoms with van der Waals surface area (Å²) in [6.45, 7) is 0. The predicted molar refractivity (Wildman–Crippen MR) is 87.0 cm³/mol. The van der Waals surface area contributed by atoms with E-state index in [0.29, 0.717) is 17.5 Å². The zero-order valence-electron chi connectivity index (χ0n) is 13.8. The van der Waals surface area contributed by atoms with Crippen molar-refractivity contribution in [1.82, 2.24) is 4.90 Å². The molecule has 0 saturated heterocycles. The van der Waals surface area contributed by atoms with Crippen molar-refractivity contribution in [3.63, 3.8) is 0 Å². The van der Waals surface area contributed by atoms with Crippen molar-refractivity contribution in [2.75, 3.05) is 7.05 Å². The summed E-state index contributed by atoms with van der Waals surface area (Å²) in [5.41, 5.74) is -4.31. The third kappa shape index (κ3) is 3.61. The summed E-state index contributed by atoms with van der Waals surface area (Å²) in [6, 6.07) is 8.60. The molecule has 27 heavy (non-hydrogen) atoms. The van der Waals surface area contributed by atoms with Crippen molar-refractivity contribution in [3.05, 3.63) is 65.0 Å². The van der Waals surface area contributed by atoms with E-state index in [0.717, 1.165) is 12.1 Å². The second kappa shape index (κ2) is 6.52. The molecule has 1 heterocycles. The van der Waals surface area contributed by atoms with Crippen LogP contribution in [0.1, 0.15) is 27.5 Å². The van der Waals surface area contributed by atoms with Crippen LogP contribution < -0.4 is 4.18 Å². The number of alkyl halides is 3. The first-order chi connectivity index (χ1) is 12.5. The molecule has 0 spiro atoms. The molecule has 1 atom stereocenters. The van der Waals surface area contributed by atoms with Gasteiger partial charge in [-0.2, -0.15) is 21.6 Å². The Kier molecular flexibility index (Phi) is 4.62. The summed E-state index contributed by atoms with van der Waals surface area (Å²) in [5.74, 6) is -1.54. The van der Waals surface area contributed by atoms with Crippen LogP contribution in [0.15, 0.2) is 42.5 Å². The van der Waals surface area contributed by atoms with Crippen molar-refractivity contribution < 1.29 is 35.0 Å². The fourth-order valence-electron chi connectivity index (χ4n) is 2.86. The standard InChI is InChI=1S/C17H13F4NO4S/c1-22-15(10-2-5-12(18)6-3-10)8-11-4-7-13(9-14(11)16(22)23)26-27(24,25)17(19,20)21/h2-7,9,15H,8H2,1H3. The molecule has 2 aromatic rings. The smallest absolute Gasteiger partial charge is 0.376 e. The summed E-state index contributed by atoms with van der Waals surface area (Å²) < 4.78 is 76.8. The number of halogens is 4. The molecule has 2 aromatic carbocycles. The first kappa shape index (κ1) is 19.2. The lowest BCUT2D eigenvalue weighted by Crippen LogP contribution is -2.37. The summed E-state index contributed by atoms with van der Waals surface area (Å²) in [5, 5.41) is 0. The van der Waals surface area contributed by atoms with Gasteiger partial charge < -0.3 is 9.08 Å².